The van der Waals surface area contributed by atoms with Crippen molar-refractivity contribution in [3.8, 4) is 28.0 Å². The summed E-state index contributed by atoms with van der Waals surface area (Å²) in [5.74, 6) is -0.0418. The minimum absolute atomic E-state index is 0.165. The van der Waals surface area contributed by atoms with Gasteiger partial charge in [0.25, 0.3) is 5.91 Å². The maximum absolute atomic E-state index is 14.4. The van der Waals surface area contributed by atoms with Crippen molar-refractivity contribution in [2.75, 3.05) is 20.7 Å². The number of aryl methyl sites for hydroxylation is 1. The molecule has 1 atom stereocenters. The van der Waals surface area contributed by atoms with Crippen molar-refractivity contribution in [1.29, 1.82) is 0 Å². The molecule has 1 aromatic heterocycles. The predicted molar refractivity (Wildman–Crippen MR) is 145 cm³/mol. The van der Waals surface area contributed by atoms with Crippen molar-refractivity contribution >= 4 is 22.5 Å². The Hall–Kier alpha value is -4.28. The summed E-state index contributed by atoms with van der Waals surface area (Å²) in [6.07, 6.45) is 2.35. The van der Waals surface area contributed by atoms with Crippen molar-refractivity contribution in [2.45, 2.75) is 26.3 Å². The number of hydrogen-bond donors (Lipinski definition) is 1. The van der Waals surface area contributed by atoms with Crippen LogP contribution in [0.5, 0.6) is 5.75 Å². The van der Waals surface area contributed by atoms with E-state index in [0.717, 1.165) is 23.1 Å². The van der Waals surface area contributed by atoms with Gasteiger partial charge >= 0.3 is 0 Å². The summed E-state index contributed by atoms with van der Waals surface area (Å²) in [5, 5.41) is 0.631. The van der Waals surface area contributed by atoms with E-state index in [-0.39, 0.29) is 17.8 Å². The Morgan fingerprint density at radius 1 is 1.14 bits per heavy atom. The van der Waals surface area contributed by atoms with Gasteiger partial charge in [-0.1, -0.05) is 19.1 Å². The van der Waals surface area contributed by atoms with Crippen molar-refractivity contribution in [3.05, 3.63) is 89.2 Å². The van der Waals surface area contributed by atoms with Crippen molar-refractivity contribution in [3.63, 3.8) is 0 Å². The molecule has 0 bridgehead atoms. The normalized spacial score (nSPS) is 11.7. The molecule has 0 aliphatic heterocycles. The highest BCUT2D eigenvalue weighted by molar-refractivity contribution is 6.12. The van der Waals surface area contributed by atoms with Crippen LogP contribution >= 0.6 is 0 Å². The zero-order chi connectivity index (χ0) is 26.7. The number of pyridine rings is 1. The highest BCUT2D eigenvalue weighted by Crippen LogP contribution is 2.35. The molecule has 0 aliphatic carbocycles. The SMILES string of the molecule is [C-]#[N+]c1cc(OC)cc(-c2ccc3ncc(-c4cc(C)cc(F)c4)c(C(=O)N(C)C[C@@H](N)CC)c3c2)c1. The van der Waals surface area contributed by atoms with Crippen LogP contribution in [0.4, 0.5) is 10.1 Å². The molecule has 0 saturated heterocycles. The minimum atomic E-state index is -0.383. The van der Waals surface area contributed by atoms with Gasteiger partial charge in [0.05, 0.1) is 24.8 Å². The third-order valence-corrected chi connectivity index (χ3v) is 6.40. The van der Waals surface area contributed by atoms with Gasteiger partial charge in [0.15, 0.2) is 5.69 Å². The van der Waals surface area contributed by atoms with Crippen LogP contribution in [0.3, 0.4) is 0 Å². The van der Waals surface area contributed by atoms with Gasteiger partial charge in [-0.05, 0) is 78.1 Å². The Labute approximate surface area is 216 Å². The van der Waals surface area contributed by atoms with Crippen LogP contribution in [0.1, 0.15) is 29.3 Å². The van der Waals surface area contributed by atoms with Gasteiger partial charge in [-0.15, -0.1) is 0 Å². The van der Waals surface area contributed by atoms with Crippen molar-refractivity contribution in [2.24, 2.45) is 5.73 Å². The number of methoxy groups -OCH3 is 1. The van der Waals surface area contributed by atoms with E-state index in [2.05, 4.69) is 9.83 Å². The van der Waals surface area contributed by atoms with E-state index in [1.807, 2.05) is 44.2 Å². The molecule has 0 radical (unpaired) electrons. The molecule has 7 heteroatoms. The fourth-order valence-electron chi connectivity index (χ4n) is 4.40. The molecule has 2 N–H and O–H groups in total. The summed E-state index contributed by atoms with van der Waals surface area (Å²) in [6, 6.07) is 15.5. The average Bonchev–Trinajstić information content (AvgIpc) is 2.90. The summed E-state index contributed by atoms with van der Waals surface area (Å²) < 4.78 is 19.8. The lowest BCUT2D eigenvalue weighted by atomic mass is 9.93. The quantitative estimate of drug-likeness (QED) is 0.301. The molecule has 1 heterocycles. The number of carbonyl (C=O) groups is 1. The van der Waals surface area contributed by atoms with E-state index < -0.39 is 0 Å². The number of amides is 1. The number of fused-ring (bicyclic) bond motifs is 1. The molecular formula is C30H29FN4O2. The fraction of sp³-hybridized carbons (Fsp3) is 0.233. The largest absolute Gasteiger partial charge is 0.498 e. The Morgan fingerprint density at radius 3 is 2.59 bits per heavy atom. The number of likely N-dealkylation sites (N-methyl/N-ethyl adjacent to an activating group) is 1. The van der Waals surface area contributed by atoms with E-state index >= 15 is 0 Å². The minimum Gasteiger partial charge on any atom is -0.498 e. The molecule has 0 fully saturated rings. The van der Waals surface area contributed by atoms with Gasteiger partial charge in [-0.25, -0.2) is 9.24 Å². The molecule has 1 amide bonds. The number of nitrogens with zero attached hydrogens (tertiary/aromatic N) is 3. The molecular weight excluding hydrogens is 467 g/mol. The highest BCUT2D eigenvalue weighted by atomic mass is 19.1. The van der Waals surface area contributed by atoms with Crippen molar-refractivity contribution < 1.29 is 13.9 Å². The average molecular weight is 497 g/mol. The first-order chi connectivity index (χ1) is 17.7. The first kappa shape index (κ1) is 25.8. The molecule has 0 saturated carbocycles. The van der Waals surface area contributed by atoms with Crippen LogP contribution in [0, 0.1) is 19.3 Å². The second kappa shape index (κ2) is 10.8. The molecule has 37 heavy (non-hydrogen) atoms. The number of benzene rings is 3. The topological polar surface area (TPSA) is 72.8 Å². The lowest BCUT2D eigenvalue weighted by Crippen LogP contribution is -2.38. The first-order valence-electron chi connectivity index (χ1n) is 12.0. The Morgan fingerprint density at radius 2 is 1.92 bits per heavy atom. The standard InChI is InChI=1S/C30H29FN4O2/c1-6-23(32)17-35(4)30(36)29-26-14-19(20-12-24(33-3)15-25(13-20)37-5)7-8-28(26)34-16-27(29)21-9-18(2)10-22(31)11-21/h7-16,23H,6,17,32H2,1-2,4-5H3/t23-/m0/s1. The molecule has 0 aliphatic rings. The van der Waals surface area contributed by atoms with E-state index in [1.165, 1.54) is 12.1 Å². The number of ether oxygens (including phenoxy) is 1. The lowest BCUT2D eigenvalue weighted by molar-refractivity contribution is 0.0788. The Balaban J connectivity index is 1.98. The number of aromatic nitrogens is 1. The van der Waals surface area contributed by atoms with Gasteiger partial charge in [0.1, 0.15) is 11.6 Å². The van der Waals surface area contributed by atoms with E-state index in [0.29, 0.717) is 45.6 Å². The summed E-state index contributed by atoms with van der Waals surface area (Å²) in [5.41, 5.74) is 11.1. The Kier molecular flexibility index (Phi) is 7.51. The maximum Gasteiger partial charge on any atom is 0.255 e. The molecule has 188 valence electrons. The smallest absolute Gasteiger partial charge is 0.255 e. The summed E-state index contributed by atoms with van der Waals surface area (Å²) >= 11 is 0. The van der Waals surface area contributed by atoms with Crippen molar-refractivity contribution in [1.82, 2.24) is 9.88 Å². The zero-order valence-electron chi connectivity index (χ0n) is 21.4. The summed E-state index contributed by atoms with van der Waals surface area (Å²) in [7, 11) is 3.27. The molecule has 4 aromatic rings. The second-order valence-electron chi connectivity index (χ2n) is 9.18. The zero-order valence-corrected chi connectivity index (χ0v) is 21.4. The first-order valence-corrected chi connectivity index (χ1v) is 12.0. The van der Waals surface area contributed by atoms with Crippen LogP contribution in [0.15, 0.2) is 60.8 Å². The third-order valence-electron chi connectivity index (χ3n) is 6.40. The van der Waals surface area contributed by atoms with Gasteiger partial charge in [-0.2, -0.15) is 0 Å². The molecule has 0 spiro atoms. The van der Waals surface area contributed by atoms with Crippen LogP contribution in [0.2, 0.25) is 0 Å². The number of rotatable bonds is 7. The predicted octanol–water partition coefficient (Wildman–Crippen LogP) is 6.39. The van der Waals surface area contributed by atoms with Crippen LogP contribution in [-0.4, -0.2) is 42.5 Å². The fourth-order valence-corrected chi connectivity index (χ4v) is 4.40. The molecule has 3 aromatic carbocycles. The van der Waals surface area contributed by atoms with Gasteiger partial charge < -0.3 is 15.4 Å². The molecule has 0 unspecified atom stereocenters. The number of hydrogen-bond acceptors (Lipinski definition) is 4. The number of nitrogens with two attached hydrogens (primary N) is 1. The second-order valence-corrected chi connectivity index (χ2v) is 9.18. The molecule has 4 rings (SSSR count). The number of halogens is 1. The molecule has 6 nitrogen and oxygen atoms in total. The van der Waals surface area contributed by atoms with Crippen LogP contribution in [-0.2, 0) is 0 Å². The van der Waals surface area contributed by atoms with E-state index in [9.17, 15) is 9.18 Å². The third kappa shape index (κ3) is 5.45. The maximum atomic E-state index is 14.4. The Bertz CT molecular complexity index is 1510. The highest BCUT2D eigenvalue weighted by Gasteiger charge is 2.23. The summed E-state index contributed by atoms with van der Waals surface area (Å²) in [6.45, 7) is 11.6. The van der Waals surface area contributed by atoms with Gasteiger partial charge in [-0.3, -0.25) is 9.78 Å². The van der Waals surface area contributed by atoms with E-state index in [4.69, 9.17) is 17.0 Å². The van der Waals surface area contributed by atoms with Gasteiger partial charge in [0.2, 0.25) is 0 Å². The van der Waals surface area contributed by atoms with Crippen LogP contribution in [0.25, 0.3) is 38.0 Å². The van der Waals surface area contributed by atoms with Gasteiger partial charge in [0, 0.05) is 36.8 Å². The van der Waals surface area contributed by atoms with Crippen LogP contribution < -0.4 is 10.5 Å². The summed E-state index contributed by atoms with van der Waals surface area (Å²) in [4.78, 5) is 23.7. The lowest BCUT2D eigenvalue weighted by Gasteiger charge is -2.23. The number of carbonyl (C=O) groups excluding carboxylic acids is 1. The monoisotopic (exact) mass is 496 g/mol. The van der Waals surface area contributed by atoms with E-state index in [1.54, 1.807) is 37.4 Å².